The lowest BCUT2D eigenvalue weighted by molar-refractivity contribution is -0.384. The van der Waals surface area contributed by atoms with Crippen LogP contribution in [0.5, 0.6) is 0 Å². The van der Waals surface area contributed by atoms with Crippen molar-refractivity contribution in [2.45, 2.75) is 24.5 Å². The summed E-state index contributed by atoms with van der Waals surface area (Å²) in [5, 5.41) is 10.2. The highest BCUT2D eigenvalue weighted by molar-refractivity contribution is 7.92. The summed E-state index contributed by atoms with van der Waals surface area (Å²) in [7, 11) is -2.98. The average molecular weight is 255 g/mol. The number of benzene rings is 1. The van der Waals surface area contributed by atoms with Crippen LogP contribution in [0.15, 0.2) is 24.3 Å². The van der Waals surface area contributed by atoms with E-state index in [4.69, 9.17) is 0 Å². The number of hydrogen-bond donors (Lipinski definition) is 0. The lowest BCUT2D eigenvalue weighted by atomic mass is 10.1. The lowest BCUT2D eigenvalue weighted by Gasteiger charge is -2.00. The zero-order valence-electron chi connectivity index (χ0n) is 9.37. The summed E-state index contributed by atoms with van der Waals surface area (Å²) in [6.45, 7) is 1.64. The molecule has 1 aliphatic rings. The molecular formula is C11H13NO4S. The molecule has 5 nitrogen and oxygen atoms in total. The van der Waals surface area contributed by atoms with Crippen molar-refractivity contribution in [1.29, 1.82) is 0 Å². The number of hydrogen-bond acceptors (Lipinski definition) is 4. The number of non-ortho nitro benzene ring substituents is 1. The van der Waals surface area contributed by atoms with Crippen LogP contribution >= 0.6 is 0 Å². The quantitative estimate of drug-likeness (QED) is 0.608. The molecule has 1 fully saturated rings. The van der Waals surface area contributed by atoms with Gasteiger partial charge in [-0.2, -0.15) is 0 Å². The number of nitrogens with zero attached hydrogens (tertiary/aromatic N) is 1. The third-order valence-corrected chi connectivity index (χ3v) is 5.38. The Balaban J connectivity index is 2.14. The zero-order chi connectivity index (χ0) is 12.6. The molecule has 0 aromatic heterocycles. The van der Waals surface area contributed by atoms with Gasteiger partial charge in [0.05, 0.1) is 10.2 Å². The van der Waals surface area contributed by atoms with Crippen molar-refractivity contribution in [2.75, 3.05) is 5.75 Å². The summed E-state index contributed by atoms with van der Waals surface area (Å²) in [5.41, 5.74) is 0.905. The topological polar surface area (TPSA) is 77.3 Å². The van der Waals surface area contributed by atoms with Gasteiger partial charge in [-0.25, -0.2) is 8.42 Å². The molecule has 0 radical (unpaired) electrons. The second-order valence-electron chi connectivity index (χ2n) is 4.18. The van der Waals surface area contributed by atoms with Crippen LogP contribution in [-0.2, 0) is 9.84 Å². The summed E-state index contributed by atoms with van der Waals surface area (Å²) in [6, 6.07) is 6.13. The second-order valence-corrected chi connectivity index (χ2v) is 6.69. The van der Waals surface area contributed by atoms with E-state index in [0.717, 1.165) is 5.56 Å². The maximum absolute atomic E-state index is 11.6. The lowest BCUT2D eigenvalue weighted by Crippen LogP contribution is -2.10. The highest BCUT2D eigenvalue weighted by Crippen LogP contribution is 2.46. The van der Waals surface area contributed by atoms with Crippen molar-refractivity contribution in [3.8, 4) is 0 Å². The van der Waals surface area contributed by atoms with Crippen LogP contribution in [0, 0.1) is 10.1 Å². The number of nitro benzene ring substituents is 1. The number of nitro groups is 1. The third-order valence-electron chi connectivity index (χ3n) is 3.13. The standard InChI is InChI=1S/C11H13NO4S/c1-2-17(15,16)11-7-10(11)8-3-5-9(6-4-8)12(13)14/h3-6,10-11H,2,7H2,1H3/t10-,11+/m1/s1. The summed E-state index contributed by atoms with van der Waals surface area (Å²) < 4.78 is 23.2. The fraction of sp³-hybridized carbons (Fsp3) is 0.455. The minimum absolute atomic E-state index is 0.0146. The molecule has 17 heavy (non-hydrogen) atoms. The summed E-state index contributed by atoms with van der Waals surface area (Å²) in [5.74, 6) is 0.169. The van der Waals surface area contributed by atoms with Gasteiger partial charge < -0.3 is 0 Å². The molecule has 0 spiro atoms. The van der Waals surface area contributed by atoms with Gasteiger partial charge in [-0.3, -0.25) is 10.1 Å². The van der Waals surface area contributed by atoms with Crippen LogP contribution in [0.1, 0.15) is 24.8 Å². The van der Waals surface area contributed by atoms with Gasteiger partial charge in [-0.1, -0.05) is 19.1 Å². The van der Waals surface area contributed by atoms with Crippen molar-refractivity contribution >= 4 is 15.5 Å². The largest absolute Gasteiger partial charge is 0.269 e. The molecule has 0 amide bonds. The van der Waals surface area contributed by atoms with Crippen molar-refractivity contribution in [3.05, 3.63) is 39.9 Å². The Labute approximate surface area is 99.5 Å². The molecule has 0 N–H and O–H groups in total. The van der Waals surface area contributed by atoms with Crippen LogP contribution < -0.4 is 0 Å². The van der Waals surface area contributed by atoms with Gasteiger partial charge in [0.1, 0.15) is 0 Å². The van der Waals surface area contributed by atoms with E-state index in [1.54, 1.807) is 19.1 Å². The van der Waals surface area contributed by atoms with E-state index < -0.39 is 14.8 Å². The molecule has 0 heterocycles. The molecule has 0 saturated heterocycles. The summed E-state index contributed by atoms with van der Waals surface area (Å²) in [6.07, 6.45) is 0.633. The van der Waals surface area contributed by atoms with Gasteiger partial charge in [-0.05, 0) is 12.0 Å². The Morgan fingerprint density at radius 1 is 1.35 bits per heavy atom. The number of rotatable bonds is 4. The molecule has 0 bridgehead atoms. The van der Waals surface area contributed by atoms with Gasteiger partial charge in [0.15, 0.2) is 9.84 Å². The van der Waals surface area contributed by atoms with Gasteiger partial charge in [-0.15, -0.1) is 0 Å². The average Bonchev–Trinajstić information content (AvgIpc) is 3.10. The van der Waals surface area contributed by atoms with E-state index in [1.165, 1.54) is 12.1 Å². The molecule has 0 aliphatic heterocycles. The van der Waals surface area contributed by atoms with Crippen molar-refractivity contribution in [1.82, 2.24) is 0 Å². The third kappa shape index (κ3) is 2.31. The smallest absolute Gasteiger partial charge is 0.258 e. The molecule has 92 valence electrons. The van der Waals surface area contributed by atoms with E-state index in [-0.39, 0.29) is 22.6 Å². The number of sulfone groups is 1. The van der Waals surface area contributed by atoms with Crippen LogP contribution in [-0.4, -0.2) is 24.3 Å². The monoisotopic (exact) mass is 255 g/mol. The zero-order valence-corrected chi connectivity index (χ0v) is 10.2. The first-order chi connectivity index (χ1) is 7.95. The molecule has 1 aromatic carbocycles. The van der Waals surface area contributed by atoms with Gasteiger partial charge in [0.25, 0.3) is 5.69 Å². The Morgan fingerprint density at radius 2 is 1.94 bits per heavy atom. The first-order valence-corrected chi connectivity index (χ1v) is 7.13. The highest BCUT2D eigenvalue weighted by atomic mass is 32.2. The molecule has 1 saturated carbocycles. The first-order valence-electron chi connectivity index (χ1n) is 5.41. The maximum atomic E-state index is 11.6. The predicted octanol–water partition coefficient (Wildman–Crippen LogP) is 1.89. The fourth-order valence-corrected chi connectivity index (χ4v) is 3.56. The Morgan fingerprint density at radius 3 is 2.41 bits per heavy atom. The minimum Gasteiger partial charge on any atom is -0.258 e. The van der Waals surface area contributed by atoms with E-state index in [1.807, 2.05) is 0 Å². The fourth-order valence-electron chi connectivity index (χ4n) is 1.98. The van der Waals surface area contributed by atoms with E-state index in [2.05, 4.69) is 0 Å². The molecule has 1 aromatic rings. The molecule has 1 aliphatic carbocycles. The molecule has 0 unspecified atom stereocenters. The molecular weight excluding hydrogens is 242 g/mol. The Hall–Kier alpha value is -1.43. The Kier molecular flexibility index (Phi) is 2.91. The van der Waals surface area contributed by atoms with Crippen LogP contribution in [0.2, 0.25) is 0 Å². The highest BCUT2D eigenvalue weighted by Gasteiger charge is 2.46. The van der Waals surface area contributed by atoms with Crippen LogP contribution in [0.4, 0.5) is 5.69 Å². The van der Waals surface area contributed by atoms with Gasteiger partial charge >= 0.3 is 0 Å². The van der Waals surface area contributed by atoms with Crippen molar-refractivity contribution in [2.24, 2.45) is 0 Å². The normalized spacial score (nSPS) is 23.4. The predicted molar refractivity (Wildman–Crippen MR) is 63.7 cm³/mol. The van der Waals surface area contributed by atoms with E-state index >= 15 is 0 Å². The molecule has 2 rings (SSSR count). The summed E-state index contributed by atoms with van der Waals surface area (Å²) >= 11 is 0. The second kappa shape index (κ2) is 4.10. The van der Waals surface area contributed by atoms with E-state index in [9.17, 15) is 18.5 Å². The molecule has 6 heteroatoms. The maximum Gasteiger partial charge on any atom is 0.269 e. The van der Waals surface area contributed by atoms with Crippen molar-refractivity contribution in [3.63, 3.8) is 0 Å². The van der Waals surface area contributed by atoms with Gasteiger partial charge in [0.2, 0.25) is 0 Å². The van der Waals surface area contributed by atoms with Crippen molar-refractivity contribution < 1.29 is 13.3 Å². The SMILES string of the molecule is CCS(=O)(=O)[C@H]1C[C@@H]1c1ccc([N+](=O)[O-])cc1. The molecule has 2 atom stereocenters. The van der Waals surface area contributed by atoms with E-state index in [0.29, 0.717) is 6.42 Å². The summed E-state index contributed by atoms with van der Waals surface area (Å²) in [4.78, 5) is 10.0. The van der Waals surface area contributed by atoms with Crippen LogP contribution in [0.25, 0.3) is 0 Å². The van der Waals surface area contributed by atoms with Crippen LogP contribution in [0.3, 0.4) is 0 Å². The minimum atomic E-state index is -2.98. The van der Waals surface area contributed by atoms with Gasteiger partial charge in [0, 0.05) is 23.8 Å². The first kappa shape index (κ1) is 12.0. The Bertz CT molecular complexity index is 535.